The number of nitrogens with one attached hydrogen (secondary N) is 1. The molecule has 0 radical (unpaired) electrons. The molecule has 1 fully saturated rings. The Labute approximate surface area is 190 Å². The molecule has 8 heteroatoms. The van der Waals surface area contributed by atoms with Crippen LogP contribution in [0.25, 0.3) is 5.69 Å². The maximum absolute atomic E-state index is 12.3. The van der Waals surface area contributed by atoms with Crippen molar-refractivity contribution in [1.82, 2.24) is 20.1 Å². The van der Waals surface area contributed by atoms with Gasteiger partial charge in [-0.25, -0.2) is 0 Å². The van der Waals surface area contributed by atoms with E-state index in [4.69, 9.17) is 23.2 Å². The van der Waals surface area contributed by atoms with E-state index >= 15 is 0 Å². The van der Waals surface area contributed by atoms with E-state index in [0.717, 1.165) is 24.3 Å². The number of rotatable bonds is 7. The molecule has 30 heavy (non-hydrogen) atoms. The summed E-state index contributed by atoms with van der Waals surface area (Å²) in [7, 11) is 0. The van der Waals surface area contributed by atoms with Gasteiger partial charge in [-0.2, -0.15) is 0 Å². The number of hydrogen-bond donors (Lipinski definition) is 1. The van der Waals surface area contributed by atoms with Crippen LogP contribution < -0.4 is 5.32 Å². The van der Waals surface area contributed by atoms with Crippen LogP contribution in [0.1, 0.15) is 42.8 Å². The SMILES string of the molecule is Cc1cccc(CSc2nnc(C(C)NC(=O)C3CC3)n2-c2ccc(Cl)cc2Cl)c1. The van der Waals surface area contributed by atoms with Gasteiger partial charge in [0.25, 0.3) is 0 Å². The van der Waals surface area contributed by atoms with Crippen LogP contribution in [-0.4, -0.2) is 20.7 Å². The third kappa shape index (κ3) is 4.82. The molecule has 2 aromatic carbocycles. The van der Waals surface area contributed by atoms with Gasteiger partial charge in [0.05, 0.1) is 16.8 Å². The molecular formula is C22H22Cl2N4OS. The fourth-order valence-electron chi connectivity index (χ4n) is 3.24. The van der Waals surface area contributed by atoms with E-state index in [2.05, 4.69) is 40.6 Å². The average molecular weight is 461 g/mol. The molecule has 0 bridgehead atoms. The van der Waals surface area contributed by atoms with Crippen LogP contribution in [0.2, 0.25) is 10.0 Å². The lowest BCUT2D eigenvalue weighted by Crippen LogP contribution is -2.29. The summed E-state index contributed by atoms with van der Waals surface area (Å²) in [5.41, 5.74) is 3.15. The molecule has 1 saturated carbocycles. The van der Waals surface area contributed by atoms with Crippen molar-refractivity contribution in [2.75, 3.05) is 0 Å². The van der Waals surface area contributed by atoms with Crippen LogP contribution in [0.3, 0.4) is 0 Å². The smallest absolute Gasteiger partial charge is 0.223 e. The average Bonchev–Trinajstić information content (AvgIpc) is 3.47. The van der Waals surface area contributed by atoms with Crippen LogP contribution in [0.15, 0.2) is 47.6 Å². The zero-order valence-corrected chi connectivity index (χ0v) is 19.1. The zero-order chi connectivity index (χ0) is 21.3. The molecule has 4 rings (SSSR count). The van der Waals surface area contributed by atoms with Gasteiger partial charge < -0.3 is 5.32 Å². The first kappa shape index (κ1) is 21.2. The Hall–Kier alpha value is -2.02. The predicted octanol–water partition coefficient (Wildman–Crippen LogP) is 5.76. The molecule has 0 spiro atoms. The summed E-state index contributed by atoms with van der Waals surface area (Å²) in [6.45, 7) is 3.99. The van der Waals surface area contributed by atoms with Gasteiger partial charge in [0.2, 0.25) is 5.91 Å². The Morgan fingerprint density at radius 3 is 2.73 bits per heavy atom. The highest BCUT2D eigenvalue weighted by Gasteiger charge is 2.32. The predicted molar refractivity (Wildman–Crippen MR) is 121 cm³/mol. The van der Waals surface area contributed by atoms with Crippen molar-refractivity contribution in [2.24, 2.45) is 5.92 Å². The van der Waals surface area contributed by atoms with Crippen molar-refractivity contribution in [3.63, 3.8) is 0 Å². The molecule has 1 N–H and O–H groups in total. The molecule has 1 unspecified atom stereocenters. The van der Waals surface area contributed by atoms with Gasteiger partial charge in [-0.3, -0.25) is 9.36 Å². The first-order valence-corrected chi connectivity index (χ1v) is 11.6. The second kappa shape index (κ2) is 9.00. The molecule has 1 atom stereocenters. The molecule has 1 amide bonds. The Bertz CT molecular complexity index is 1080. The number of amides is 1. The second-order valence-corrected chi connectivity index (χ2v) is 9.34. The lowest BCUT2D eigenvalue weighted by Gasteiger charge is -2.17. The molecule has 0 aliphatic heterocycles. The van der Waals surface area contributed by atoms with E-state index < -0.39 is 0 Å². The summed E-state index contributed by atoms with van der Waals surface area (Å²) in [4.78, 5) is 12.3. The first-order valence-electron chi connectivity index (χ1n) is 9.82. The normalized spacial score (nSPS) is 14.5. The van der Waals surface area contributed by atoms with Crippen LogP contribution in [-0.2, 0) is 10.5 Å². The van der Waals surface area contributed by atoms with E-state index in [1.54, 1.807) is 23.9 Å². The summed E-state index contributed by atoms with van der Waals surface area (Å²) >= 11 is 14.2. The third-order valence-electron chi connectivity index (χ3n) is 4.95. The van der Waals surface area contributed by atoms with Crippen molar-refractivity contribution in [1.29, 1.82) is 0 Å². The van der Waals surface area contributed by atoms with Crippen LogP contribution >= 0.6 is 35.0 Å². The molecule has 5 nitrogen and oxygen atoms in total. The van der Waals surface area contributed by atoms with Crippen molar-refractivity contribution >= 4 is 40.9 Å². The summed E-state index contributed by atoms with van der Waals surface area (Å²) < 4.78 is 1.91. The zero-order valence-electron chi connectivity index (χ0n) is 16.7. The molecule has 3 aromatic rings. The largest absolute Gasteiger partial charge is 0.346 e. The second-order valence-electron chi connectivity index (χ2n) is 7.55. The molecule has 1 aliphatic rings. The van der Waals surface area contributed by atoms with Gasteiger partial charge in [-0.1, -0.05) is 64.8 Å². The number of aryl methyl sites for hydroxylation is 1. The number of benzene rings is 2. The van der Waals surface area contributed by atoms with Crippen LogP contribution in [0.5, 0.6) is 0 Å². The van der Waals surface area contributed by atoms with E-state index in [9.17, 15) is 4.79 Å². The number of carbonyl (C=O) groups is 1. The number of halogens is 2. The standard InChI is InChI=1S/C22H22Cl2N4OS/c1-13-4-3-5-15(10-13)12-30-22-27-26-20(14(2)25-21(29)16-6-7-16)28(22)19-9-8-17(23)11-18(19)24/h3-5,8-11,14,16H,6-7,12H2,1-2H3,(H,25,29). The number of thioether (sulfide) groups is 1. The fraction of sp³-hybridized carbons (Fsp3) is 0.318. The van der Waals surface area contributed by atoms with Gasteiger partial charge >= 0.3 is 0 Å². The molecule has 156 valence electrons. The highest BCUT2D eigenvalue weighted by molar-refractivity contribution is 7.98. The summed E-state index contributed by atoms with van der Waals surface area (Å²) in [5.74, 6) is 1.57. The molecular weight excluding hydrogens is 439 g/mol. The summed E-state index contributed by atoms with van der Waals surface area (Å²) in [6.07, 6.45) is 1.90. The Morgan fingerprint density at radius 2 is 2.03 bits per heavy atom. The van der Waals surface area contributed by atoms with E-state index in [1.807, 2.05) is 23.6 Å². The minimum Gasteiger partial charge on any atom is -0.346 e. The Morgan fingerprint density at radius 1 is 1.23 bits per heavy atom. The van der Waals surface area contributed by atoms with Crippen LogP contribution in [0.4, 0.5) is 0 Å². The quantitative estimate of drug-likeness (QED) is 0.455. The number of aromatic nitrogens is 3. The van der Waals surface area contributed by atoms with Gasteiger partial charge in [-0.05, 0) is 50.5 Å². The van der Waals surface area contributed by atoms with Crippen molar-refractivity contribution in [3.8, 4) is 5.69 Å². The molecule has 1 aromatic heterocycles. The van der Waals surface area contributed by atoms with Crippen molar-refractivity contribution in [3.05, 3.63) is 69.5 Å². The molecule has 0 saturated heterocycles. The Kier molecular flexibility index (Phi) is 6.37. The van der Waals surface area contributed by atoms with Gasteiger partial charge in [-0.15, -0.1) is 10.2 Å². The fourth-order valence-corrected chi connectivity index (χ4v) is 4.62. The molecule has 1 heterocycles. The lowest BCUT2D eigenvalue weighted by atomic mass is 10.2. The Balaban J connectivity index is 1.66. The molecule has 1 aliphatic carbocycles. The number of hydrogen-bond acceptors (Lipinski definition) is 4. The summed E-state index contributed by atoms with van der Waals surface area (Å²) in [5, 5.41) is 13.6. The summed E-state index contributed by atoms with van der Waals surface area (Å²) in [6, 6.07) is 13.4. The highest BCUT2D eigenvalue weighted by Crippen LogP contribution is 2.33. The third-order valence-corrected chi connectivity index (χ3v) is 6.49. The minimum absolute atomic E-state index is 0.0632. The van der Waals surface area contributed by atoms with E-state index in [1.165, 1.54) is 11.1 Å². The minimum atomic E-state index is -0.300. The highest BCUT2D eigenvalue weighted by atomic mass is 35.5. The maximum atomic E-state index is 12.3. The lowest BCUT2D eigenvalue weighted by molar-refractivity contribution is -0.123. The number of carbonyl (C=O) groups excluding carboxylic acids is 1. The van der Waals surface area contributed by atoms with E-state index in [-0.39, 0.29) is 17.9 Å². The van der Waals surface area contributed by atoms with Crippen LogP contribution in [0, 0.1) is 12.8 Å². The van der Waals surface area contributed by atoms with Crippen molar-refractivity contribution < 1.29 is 4.79 Å². The van der Waals surface area contributed by atoms with Gasteiger partial charge in [0.15, 0.2) is 11.0 Å². The van der Waals surface area contributed by atoms with Crippen molar-refractivity contribution in [2.45, 2.75) is 43.6 Å². The van der Waals surface area contributed by atoms with E-state index in [0.29, 0.717) is 21.0 Å². The van der Waals surface area contributed by atoms with Gasteiger partial charge in [0, 0.05) is 16.7 Å². The maximum Gasteiger partial charge on any atom is 0.223 e. The topological polar surface area (TPSA) is 59.8 Å². The first-order chi connectivity index (χ1) is 14.4. The monoisotopic (exact) mass is 460 g/mol. The van der Waals surface area contributed by atoms with Gasteiger partial charge in [0.1, 0.15) is 0 Å². The number of nitrogens with zero attached hydrogens (tertiary/aromatic N) is 3.